The standard InChI is InChI=1S/C12H23NO/c1-9(2)12(14)7-10-5-4-6-11(8-12)13(10)3/h9-11,14H,4-8H2,1-3H3. The van der Waals surface area contributed by atoms with Crippen molar-refractivity contribution >= 4 is 0 Å². The van der Waals surface area contributed by atoms with Crippen LogP contribution < -0.4 is 0 Å². The van der Waals surface area contributed by atoms with Crippen molar-refractivity contribution in [3.8, 4) is 0 Å². The smallest absolute Gasteiger partial charge is 0.0700 e. The van der Waals surface area contributed by atoms with Gasteiger partial charge in [0.15, 0.2) is 0 Å². The van der Waals surface area contributed by atoms with E-state index in [-0.39, 0.29) is 5.60 Å². The van der Waals surface area contributed by atoms with Gasteiger partial charge < -0.3 is 10.0 Å². The van der Waals surface area contributed by atoms with E-state index in [1.807, 2.05) is 0 Å². The van der Waals surface area contributed by atoms with E-state index in [1.165, 1.54) is 19.3 Å². The Hall–Kier alpha value is -0.0800. The summed E-state index contributed by atoms with van der Waals surface area (Å²) in [6, 6.07) is 1.27. The molecule has 2 nitrogen and oxygen atoms in total. The van der Waals surface area contributed by atoms with Gasteiger partial charge in [-0.2, -0.15) is 0 Å². The molecule has 82 valence electrons. The summed E-state index contributed by atoms with van der Waals surface area (Å²) in [7, 11) is 2.23. The highest BCUT2D eigenvalue weighted by Crippen LogP contribution is 2.41. The Morgan fingerprint density at radius 2 is 1.71 bits per heavy atom. The molecule has 1 N–H and O–H groups in total. The van der Waals surface area contributed by atoms with Crippen LogP contribution in [0, 0.1) is 5.92 Å². The highest BCUT2D eigenvalue weighted by atomic mass is 16.3. The second-order valence-corrected chi connectivity index (χ2v) is 5.57. The molecule has 0 aliphatic carbocycles. The molecule has 0 spiro atoms. The molecule has 0 radical (unpaired) electrons. The van der Waals surface area contributed by atoms with Crippen LogP contribution in [0.1, 0.15) is 46.0 Å². The molecule has 0 saturated carbocycles. The van der Waals surface area contributed by atoms with Crippen LogP contribution in [0.25, 0.3) is 0 Å². The molecule has 0 aromatic rings. The predicted octanol–water partition coefficient (Wildman–Crippen LogP) is 2.02. The first-order valence-electron chi connectivity index (χ1n) is 5.97. The third kappa shape index (κ3) is 1.59. The number of fused-ring (bicyclic) bond motifs is 2. The van der Waals surface area contributed by atoms with Crippen LogP contribution in [0.2, 0.25) is 0 Å². The van der Waals surface area contributed by atoms with Gasteiger partial charge in [0.25, 0.3) is 0 Å². The molecular weight excluding hydrogens is 174 g/mol. The highest BCUT2D eigenvalue weighted by Gasteiger charge is 2.45. The number of rotatable bonds is 1. The lowest BCUT2D eigenvalue weighted by Crippen LogP contribution is -2.58. The summed E-state index contributed by atoms with van der Waals surface area (Å²) in [6.45, 7) is 4.31. The van der Waals surface area contributed by atoms with E-state index in [2.05, 4.69) is 25.8 Å². The maximum absolute atomic E-state index is 10.5. The molecular formula is C12H23NO. The third-order valence-electron chi connectivity index (χ3n) is 4.48. The van der Waals surface area contributed by atoms with Crippen LogP contribution >= 0.6 is 0 Å². The van der Waals surface area contributed by atoms with Gasteiger partial charge in [-0.25, -0.2) is 0 Å². The minimum Gasteiger partial charge on any atom is -0.390 e. The van der Waals surface area contributed by atoms with Gasteiger partial charge in [0.1, 0.15) is 0 Å². The van der Waals surface area contributed by atoms with Gasteiger partial charge >= 0.3 is 0 Å². The first-order chi connectivity index (χ1) is 6.53. The molecule has 2 rings (SSSR count). The molecule has 2 aliphatic rings. The Bertz CT molecular complexity index is 200. The quantitative estimate of drug-likeness (QED) is 0.695. The summed E-state index contributed by atoms with van der Waals surface area (Å²) in [5.74, 6) is 0.402. The topological polar surface area (TPSA) is 23.5 Å². The molecule has 2 bridgehead atoms. The molecule has 2 fully saturated rings. The lowest BCUT2D eigenvalue weighted by Gasteiger charge is -2.52. The van der Waals surface area contributed by atoms with E-state index < -0.39 is 0 Å². The van der Waals surface area contributed by atoms with E-state index in [0.717, 1.165) is 12.8 Å². The molecule has 2 atom stereocenters. The monoisotopic (exact) mass is 197 g/mol. The van der Waals surface area contributed by atoms with E-state index in [1.54, 1.807) is 0 Å². The number of piperidine rings is 2. The molecule has 2 heteroatoms. The van der Waals surface area contributed by atoms with Crippen molar-refractivity contribution in [3.63, 3.8) is 0 Å². The Kier molecular flexibility index (Phi) is 2.61. The predicted molar refractivity (Wildman–Crippen MR) is 58.2 cm³/mol. The van der Waals surface area contributed by atoms with Crippen LogP contribution in [-0.4, -0.2) is 34.7 Å². The van der Waals surface area contributed by atoms with Crippen molar-refractivity contribution in [3.05, 3.63) is 0 Å². The minimum absolute atomic E-state index is 0.387. The van der Waals surface area contributed by atoms with Crippen LogP contribution in [0.3, 0.4) is 0 Å². The molecule has 2 aliphatic heterocycles. The zero-order chi connectivity index (χ0) is 10.3. The third-order valence-corrected chi connectivity index (χ3v) is 4.48. The maximum atomic E-state index is 10.5. The van der Waals surface area contributed by atoms with E-state index in [4.69, 9.17) is 0 Å². The van der Waals surface area contributed by atoms with Crippen molar-refractivity contribution < 1.29 is 5.11 Å². The van der Waals surface area contributed by atoms with Gasteiger partial charge in [-0.05, 0) is 38.6 Å². The average molecular weight is 197 g/mol. The largest absolute Gasteiger partial charge is 0.390 e. The van der Waals surface area contributed by atoms with Crippen molar-refractivity contribution in [2.75, 3.05) is 7.05 Å². The molecule has 0 amide bonds. The Morgan fingerprint density at radius 3 is 2.14 bits per heavy atom. The van der Waals surface area contributed by atoms with Crippen LogP contribution in [0.15, 0.2) is 0 Å². The Morgan fingerprint density at radius 1 is 1.21 bits per heavy atom. The summed E-state index contributed by atoms with van der Waals surface area (Å²) in [6.07, 6.45) is 5.88. The zero-order valence-corrected chi connectivity index (χ0v) is 9.66. The fourth-order valence-corrected chi connectivity index (χ4v) is 3.16. The van der Waals surface area contributed by atoms with Gasteiger partial charge in [-0.3, -0.25) is 0 Å². The number of hydrogen-bond donors (Lipinski definition) is 1. The summed E-state index contributed by atoms with van der Waals surface area (Å²) >= 11 is 0. The Balaban J connectivity index is 2.14. The van der Waals surface area contributed by atoms with Crippen LogP contribution in [-0.2, 0) is 0 Å². The van der Waals surface area contributed by atoms with Gasteiger partial charge in [-0.15, -0.1) is 0 Å². The average Bonchev–Trinajstić information content (AvgIpc) is 2.07. The summed E-state index contributed by atoms with van der Waals surface area (Å²) in [5, 5.41) is 10.5. The number of nitrogens with zero attached hydrogens (tertiary/aromatic N) is 1. The second kappa shape index (κ2) is 3.49. The first-order valence-corrected chi connectivity index (χ1v) is 5.97. The lowest BCUT2D eigenvalue weighted by atomic mass is 9.71. The van der Waals surface area contributed by atoms with Crippen molar-refractivity contribution in [2.24, 2.45) is 5.92 Å². The van der Waals surface area contributed by atoms with Gasteiger partial charge in [0.05, 0.1) is 5.60 Å². The first kappa shape index (κ1) is 10.4. The van der Waals surface area contributed by atoms with Crippen molar-refractivity contribution in [1.29, 1.82) is 0 Å². The molecule has 14 heavy (non-hydrogen) atoms. The molecule has 2 saturated heterocycles. The maximum Gasteiger partial charge on any atom is 0.0700 e. The van der Waals surface area contributed by atoms with Gasteiger partial charge in [0, 0.05) is 12.1 Å². The molecule has 2 heterocycles. The minimum atomic E-state index is -0.387. The second-order valence-electron chi connectivity index (χ2n) is 5.57. The molecule has 0 aromatic carbocycles. The SMILES string of the molecule is CC(C)C1(O)CC2CCCC(C1)N2C. The van der Waals surface area contributed by atoms with E-state index in [9.17, 15) is 5.11 Å². The Labute approximate surface area is 87.3 Å². The number of hydrogen-bond acceptors (Lipinski definition) is 2. The zero-order valence-electron chi connectivity index (χ0n) is 9.66. The van der Waals surface area contributed by atoms with Crippen molar-refractivity contribution in [1.82, 2.24) is 4.90 Å². The fourth-order valence-electron chi connectivity index (χ4n) is 3.16. The van der Waals surface area contributed by atoms with Crippen LogP contribution in [0.5, 0.6) is 0 Å². The summed E-state index contributed by atoms with van der Waals surface area (Å²) in [5.41, 5.74) is -0.387. The van der Waals surface area contributed by atoms with Gasteiger partial charge in [0.2, 0.25) is 0 Å². The van der Waals surface area contributed by atoms with Gasteiger partial charge in [-0.1, -0.05) is 20.3 Å². The molecule has 2 unspecified atom stereocenters. The van der Waals surface area contributed by atoms with E-state index in [0.29, 0.717) is 18.0 Å². The highest BCUT2D eigenvalue weighted by molar-refractivity contribution is 4.99. The van der Waals surface area contributed by atoms with Crippen LogP contribution in [0.4, 0.5) is 0 Å². The number of aliphatic hydroxyl groups is 1. The molecule has 0 aromatic heterocycles. The normalized spacial score (nSPS) is 44.4. The fraction of sp³-hybridized carbons (Fsp3) is 1.00. The lowest BCUT2D eigenvalue weighted by molar-refractivity contribution is -0.108. The summed E-state index contributed by atoms with van der Waals surface area (Å²) in [4.78, 5) is 2.50. The summed E-state index contributed by atoms with van der Waals surface area (Å²) < 4.78 is 0. The van der Waals surface area contributed by atoms with Crippen molar-refractivity contribution in [2.45, 2.75) is 63.6 Å². The van der Waals surface area contributed by atoms with E-state index >= 15 is 0 Å².